The lowest BCUT2D eigenvalue weighted by Gasteiger charge is -2.72. The number of nitrogens with zero attached hydrogens (tertiary/aromatic N) is 1. The molecule has 2 heterocycles. The van der Waals surface area contributed by atoms with E-state index >= 15 is 0 Å². The summed E-state index contributed by atoms with van der Waals surface area (Å²) in [6, 6.07) is 0. The Balaban J connectivity index is 0.000000212. The standard InChI is InChI=1S/C36H56O4.C31H49NO3.2C2H6O.H3NO.H2P2S/c1-23(2)25-13-16-36(22-40-29-10-8-9-19-39-29)18-17-34(6)26(30(25)36)11-12-28-33(5)20-24(21-37)31(38)32(3,4)27(33)14-15-35(28,34)7;1-19(2)21-10-13-31(18-33)15-14-29(6)22(25(21)31)8-9-24-28(5)16-20-17-32(34)35-26(20)27(3,4)23(28)11-12-30(24,29)7;2*1-2-3;1-2;1-2-3/h21,24-30H,1,8-20,22H2,2-7H3;21-25,33-34H,1,8-18H2,2-7H3;2*3H,2H2,1H3;2H,1H2;1H2/p+1/t24?,25-,26+,27-,28+,29?,30+,33-,34+,35+,36+;21-,22+,23-,24+,25+,28-,29+,30+,31+;;;;/m00..../s1/i/hT. The highest BCUT2D eigenvalue weighted by atomic mass is 32.6. The first-order valence-corrected chi connectivity index (χ1v) is 37.5. The zero-order chi connectivity index (χ0) is 64.9. The number of aldehydes is 1. The third-order valence-corrected chi connectivity index (χ3v) is 28.6. The Morgan fingerprint density at radius 2 is 1.19 bits per heavy atom. The van der Waals surface area contributed by atoms with E-state index in [1.54, 1.807) is 13.8 Å². The van der Waals surface area contributed by atoms with E-state index in [1.807, 2.05) is 0 Å². The Hall–Kier alpha value is -1.05. The molecule has 2 aliphatic heterocycles. The van der Waals surface area contributed by atoms with Gasteiger partial charge >= 0.3 is 1.28 Å². The molecule has 7 N–H and O–H groups in total. The van der Waals surface area contributed by atoms with E-state index in [-0.39, 0.29) is 63.2 Å². The summed E-state index contributed by atoms with van der Waals surface area (Å²) >= 11 is 4.31. The van der Waals surface area contributed by atoms with Crippen LogP contribution in [-0.2, 0) is 35.7 Å². The van der Waals surface area contributed by atoms with Crippen LogP contribution in [0, 0.1) is 119 Å². The molecule has 0 bridgehead atoms. The number of hydrogen-bond donors (Lipinski definition) is 6. The molecule has 10 aliphatic carbocycles. The number of fused-ring (bicyclic) bond motifs is 14. The average Bonchev–Trinajstić information content (AvgIpc) is 1.61. The largest absolute Gasteiger partial charge is 0.397 e. The summed E-state index contributed by atoms with van der Waals surface area (Å²) in [5.41, 5.74) is 5.27. The second kappa shape index (κ2) is 27.5. The zero-order valence-corrected chi connectivity index (χ0v) is 59.1. The van der Waals surface area contributed by atoms with Gasteiger partial charge in [-0.2, -0.15) is 0 Å². The molecule has 0 radical (unpaired) electrons. The van der Waals surface area contributed by atoms with Gasteiger partial charge in [0.1, 0.15) is 17.8 Å². The third kappa shape index (κ3) is 11.7. The van der Waals surface area contributed by atoms with Crippen molar-refractivity contribution in [2.75, 3.05) is 39.6 Å². The molecule has 492 valence electrons. The van der Waals surface area contributed by atoms with Crippen molar-refractivity contribution in [1.82, 2.24) is 5.23 Å². The quantitative estimate of drug-likeness (QED) is 0.0464. The van der Waals surface area contributed by atoms with Crippen molar-refractivity contribution in [1.29, 1.82) is 1.28 Å². The average molecular weight is 1260 g/mol. The molecule has 12 rings (SSSR count). The number of carbonyl (C=O) groups is 2. The van der Waals surface area contributed by atoms with Crippen LogP contribution in [0.3, 0.4) is 0 Å². The predicted molar refractivity (Wildman–Crippen MR) is 353 cm³/mol. The van der Waals surface area contributed by atoms with Crippen LogP contribution in [0.25, 0.3) is 0 Å². The fraction of sp³-hybridized carbons (Fsp3) is 0.887. The number of carbonyl (C=O) groups excluding carboxylic acids is 2. The number of aliphatic hydroxyl groups is 3. The molecule has 0 aromatic rings. The van der Waals surface area contributed by atoms with Crippen LogP contribution < -0.4 is 5.90 Å². The van der Waals surface area contributed by atoms with E-state index in [0.717, 1.165) is 62.6 Å². The normalized spacial score (nSPS) is 46.5. The maximum absolute atomic E-state index is 13.4. The summed E-state index contributed by atoms with van der Waals surface area (Å²) in [4.78, 5) is 31.5. The summed E-state index contributed by atoms with van der Waals surface area (Å²) in [6.45, 7) is 43.8. The number of ketones is 1. The van der Waals surface area contributed by atoms with E-state index in [9.17, 15) is 19.9 Å². The van der Waals surface area contributed by atoms with Gasteiger partial charge < -0.3 is 39.6 Å². The fourth-order valence-corrected chi connectivity index (χ4v) is 24.9. The number of hydrogen-bond acceptors (Lipinski definition) is 13. The number of Topliss-reactive ketones (excluding diaryl/α,β-unsaturated/α-hetero) is 1. The molecule has 0 amide bonds. The van der Waals surface area contributed by atoms with Gasteiger partial charge in [0.05, 0.1) is 28.0 Å². The van der Waals surface area contributed by atoms with Crippen LogP contribution in [0.4, 0.5) is 0 Å². The minimum Gasteiger partial charge on any atom is -0.397 e. The van der Waals surface area contributed by atoms with Crippen LogP contribution in [0.15, 0.2) is 35.6 Å². The van der Waals surface area contributed by atoms with Crippen molar-refractivity contribution in [3.05, 3.63) is 35.6 Å². The molecule has 1 saturated heterocycles. The van der Waals surface area contributed by atoms with Crippen molar-refractivity contribution in [3.63, 3.8) is 0 Å². The highest BCUT2D eigenvalue weighted by Gasteiger charge is 2.74. The van der Waals surface area contributed by atoms with E-state index in [4.69, 9.17) is 31.0 Å². The highest BCUT2D eigenvalue weighted by molar-refractivity contribution is 8.24. The molecule has 9 saturated carbocycles. The first-order valence-electron chi connectivity index (χ1n) is 34.4. The summed E-state index contributed by atoms with van der Waals surface area (Å²) in [7, 11) is 2.20. The van der Waals surface area contributed by atoms with Crippen molar-refractivity contribution < 1.29 is 49.6 Å². The van der Waals surface area contributed by atoms with Crippen LogP contribution >= 0.6 is 15.9 Å². The molecular weight excluding hydrogens is 1130 g/mol. The number of allylic oxidation sites excluding steroid dienone is 3. The summed E-state index contributed by atoms with van der Waals surface area (Å²) < 4.78 is 19.1. The fourth-order valence-electron chi connectivity index (χ4n) is 24.9. The Morgan fingerprint density at radius 1 is 0.709 bits per heavy atom. The van der Waals surface area contributed by atoms with Gasteiger partial charge in [-0.25, -0.2) is 5.90 Å². The van der Waals surface area contributed by atoms with Gasteiger partial charge in [-0.05, 0) is 276 Å². The Kier molecular flexibility index (Phi) is 22.6. The molecule has 0 aromatic heterocycles. The second-order valence-corrected chi connectivity index (χ2v) is 35.3. The van der Waals surface area contributed by atoms with Gasteiger partial charge in [0.15, 0.2) is 25.1 Å². The highest BCUT2D eigenvalue weighted by Crippen LogP contribution is 2.80. The number of ether oxygens (including phenoxy) is 2. The summed E-state index contributed by atoms with van der Waals surface area (Å²) in [5, 5.41) is 43.7. The molecule has 86 heavy (non-hydrogen) atoms. The molecule has 12 aliphatic rings. The van der Waals surface area contributed by atoms with Crippen molar-refractivity contribution >= 4 is 39.8 Å². The van der Waals surface area contributed by atoms with E-state index < -0.39 is 18.3 Å². The first kappa shape index (κ1) is 70.8. The molecule has 0 spiro atoms. The second-order valence-electron chi connectivity index (χ2n) is 32.6. The van der Waals surface area contributed by atoms with Gasteiger partial charge in [-0.15, -0.1) is 0 Å². The Bertz CT molecular complexity index is 2510. The zero-order valence-electron chi connectivity index (χ0n) is 57.2. The molecular formula is C71H123N2O10P2S+. The molecule has 4 unspecified atom stereocenters. The first-order chi connectivity index (χ1) is 40.7. The van der Waals surface area contributed by atoms with E-state index in [0.29, 0.717) is 83.2 Å². The summed E-state index contributed by atoms with van der Waals surface area (Å²) in [5.74, 6) is 10.2. The topological polar surface area (TPSA) is 192 Å². The van der Waals surface area contributed by atoms with E-state index in [2.05, 4.69) is 123 Å². The molecule has 15 heteroatoms. The van der Waals surface area contributed by atoms with Crippen molar-refractivity contribution in [2.45, 2.75) is 238 Å². The number of rotatable bonds is 7. The number of hydroxylamine groups is 2. The molecule has 12 nitrogen and oxygen atoms in total. The van der Waals surface area contributed by atoms with Gasteiger partial charge in [0.25, 0.3) is 0 Å². The SMILES string of the molecule is C=C(C)[C@@H]1CC[C@]2(CO)CC[C@]3(C)[C@H](CC[C@@H]4[C@@]5(C)CC6=C(ON(O)C6)C(C)(C)[C@@H]5CC[C@]43C)[C@@H]12.C=C(C)[C@@H]1CC[C@]2(COC3CCCCO3)CC[C@]3(C)[C@H](CC[C@@H]4[C@@]5(C)CC(C=O)C(=O)C(C)(C)[C@@H]5CC[C@]43C)[C@@H]12.CCO.CCO.NO.[3H][P+](P)=S. The lowest BCUT2D eigenvalue weighted by atomic mass is 9.32. The number of nitrogens with two attached hydrogens (primary N) is 1. The molecule has 10 fully saturated rings. The van der Waals surface area contributed by atoms with Crippen molar-refractivity contribution in [3.8, 4) is 0 Å². The van der Waals surface area contributed by atoms with Gasteiger partial charge in [0.2, 0.25) is 0 Å². The van der Waals surface area contributed by atoms with Crippen LogP contribution in [0.2, 0.25) is 0 Å². The van der Waals surface area contributed by atoms with Gasteiger partial charge in [-0.3, -0.25) is 10.0 Å². The monoisotopic (exact) mass is 1260 g/mol. The van der Waals surface area contributed by atoms with Crippen LogP contribution in [0.5, 0.6) is 0 Å². The minimum atomic E-state index is -0.870. The van der Waals surface area contributed by atoms with Crippen molar-refractivity contribution in [2.24, 2.45) is 125 Å². The maximum Gasteiger partial charge on any atom is 0.355 e. The van der Waals surface area contributed by atoms with Gasteiger partial charge in [-0.1, -0.05) is 93.5 Å². The van der Waals surface area contributed by atoms with Crippen LogP contribution in [-0.4, -0.2) is 90.2 Å². The maximum atomic E-state index is 13.4. The van der Waals surface area contributed by atoms with E-state index in [1.165, 1.54) is 119 Å². The lowest BCUT2D eigenvalue weighted by molar-refractivity contribution is -0.308. The number of aliphatic hydroxyl groups excluding tert-OH is 3. The Labute approximate surface area is 531 Å². The predicted octanol–water partition coefficient (Wildman–Crippen LogP) is 15.6. The third-order valence-electron chi connectivity index (χ3n) is 28.6. The molecule has 22 atom stereocenters. The smallest absolute Gasteiger partial charge is 0.355 e. The Morgan fingerprint density at radius 3 is 1.66 bits per heavy atom. The molecule has 0 aromatic carbocycles. The lowest BCUT2D eigenvalue weighted by Crippen LogP contribution is -2.67. The van der Waals surface area contributed by atoms with Crippen LogP contribution in [0.1, 0.15) is 232 Å². The minimum absolute atomic E-state index is 0.0208. The van der Waals surface area contributed by atoms with Gasteiger partial charge in [0, 0.05) is 37.3 Å². The summed E-state index contributed by atoms with van der Waals surface area (Å²) in [6.07, 6.45) is 25.9.